The van der Waals surface area contributed by atoms with E-state index in [4.69, 9.17) is 10.2 Å². The second kappa shape index (κ2) is 7.65. The average molecular weight is 240 g/mol. The van der Waals surface area contributed by atoms with Crippen LogP contribution in [-0.2, 0) is 9.59 Å². The minimum Gasteiger partial charge on any atom is -0.478 e. The molecule has 0 aromatic rings. The van der Waals surface area contributed by atoms with Gasteiger partial charge in [0.15, 0.2) is 0 Å². The van der Waals surface area contributed by atoms with Crippen LogP contribution in [0.3, 0.4) is 0 Å². The van der Waals surface area contributed by atoms with Crippen molar-refractivity contribution in [2.24, 2.45) is 5.92 Å². The zero-order chi connectivity index (χ0) is 13.4. The molecule has 4 heteroatoms. The third kappa shape index (κ3) is 5.33. The van der Waals surface area contributed by atoms with Crippen LogP contribution in [0.5, 0.6) is 0 Å². The molecule has 4 nitrogen and oxygen atoms in total. The number of hydrogen-bond acceptors (Lipinski definition) is 2. The van der Waals surface area contributed by atoms with E-state index in [1.165, 1.54) is 6.08 Å². The van der Waals surface area contributed by atoms with Crippen molar-refractivity contribution in [3.63, 3.8) is 0 Å². The Morgan fingerprint density at radius 1 is 1.24 bits per heavy atom. The Morgan fingerprint density at radius 2 is 1.82 bits per heavy atom. The van der Waals surface area contributed by atoms with Crippen molar-refractivity contribution >= 4 is 11.9 Å². The molecule has 1 atom stereocenters. The minimum absolute atomic E-state index is 0.0608. The number of allylic oxidation sites excluding steroid dienone is 1. The smallest absolute Gasteiger partial charge is 0.331 e. The molecule has 0 radical (unpaired) electrons. The Balaban J connectivity index is 4.97. The fourth-order valence-corrected chi connectivity index (χ4v) is 1.52. The molecule has 96 valence electrons. The van der Waals surface area contributed by atoms with Gasteiger partial charge < -0.3 is 10.2 Å². The summed E-state index contributed by atoms with van der Waals surface area (Å²) in [7, 11) is 0. The van der Waals surface area contributed by atoms with E-state index >= 15 is 0 Å². The average Bonchev–Trinajstić information content (AvgIpc) is 2.28. The number of aliphatic carboxylic acids is 2. The molecule has 0 saturated carbocycles. The first-order chi connectivity index (χ1) is 7.93. The Kier molecular flexibility index (Phi) is 6.94. The molecule has 0 spiro atoms. The molecular formula is C13H20O4. The van der Waals surface area contributed by atoms with Gasteiger partial charge in [-0.25, -0.2) is 9.59 Å². The van der Waals surface area contributed by atoms with E-state index in [-0.39, 0.29) is 11.1 Å². The maximum atomic E-state index is 10.9. The first-order valence-corrected chi connectivity index (χ1v) is 5.80. The summed E-state index contributed by atoms with van der Waals surface area (Å²) in [6.07, 6.45) is 4.31. The van der Waals surface area contributed by atoms with Crippen molar-refractivity contribution in [2.75, 3.05) is 0 Å². The zero-order valence-electron chi connectivity index (χ0n) is 10.4. The van der Waals surface area contributed by atoms with Gasteiger partial charge in [-0.3, -0.25) is 0 Å². The number of unbranched alkanes of at least 4 members (excludes halogenated alkanes) is 1. The summed E-state index contributed by atoms with van der Waals surface area (Å²) in [5.41, 5.74) is 0.305. The predicted molar refractivity (Wildman–Crippen MR) is 65.8 cm³/mol. The molecule has 0 rings (SSSR count). The number of carboxylic acids is 2. The molecule has 0 saturated heterocycles. The normalized spacial score (nSPS) is 13.2. The monoisotopic (exact) mass is 240 g/mol. The minimum atomic E-state index is -1.07. The lowest BCUT2D eigenvalue weighted by Crippen LogP contribution is -2.12. The van der Waals surface area contributed by atoms with Crippen LogP contribution in [0.4, 0.5) is 0 Å². The fourth-order valence-electron chi connectivity index (χ4n) is 1.52. The van der Waals surface area contributed by atoms with E-state index in [2.05, 4.69) is 6.58 Å². The number of carbonyl (C=O) groups is 2. The first-order valence-electron chi connectivity index (χ1n) is 5.80. The Bertz CT molecular complexity index is 328. The standard InChI is InChI=1S/C13H20O4/c1-4-6-7-11(9(3)12(14)15)8-10(5-2)13(16)17/h8,11H,3-7H2,1-2H3,(H,14,15)(H,16,17). The van der Waals surface area contributed by atoms with Crippen LogP contribution in [0.25, 0.3) is 0 Å². The van der Waals surface area contributed by atoms with Crippen molar-refractivity contribution in [1.29, 1.82) is 0 Å². The fraction of sp³-hybridized carbons (Fsp3) is 0.538. The molecule has 0 aromatic heterocycles. The number of carboxylic acid groups (broad SMARTS) is 2. The molecule has 1 unspecified atom stereocenters. The maximum absolute atomic E-state index is 10.9. The van der Waals surface area contributed by atoms with Crippen molar-refractivity contribution < 1.29 is 19.8 Å². The van der Waals surface area contributed by atoms with Gasteiger partial charge in [0.25, 0.3) is 0 Å². The van der Waals surface area contributed by atoms with Crippen LogP contribution in [0, 0.1) is 5.92 Å². The van der Waals surface area contributed by atoms with E-state index < -0.39 is 17.9 Å². The molecule has 2 N–H and O–H groups in total. The second-order valence-electron chi connectivity index (χ2n) is 3.93. The van der Waals surface area contributed by atoms with E-state index in [0.717, 1.165) is 12.8 Å². The van der Waals surface area contributed by atoms with Gasteiger partial charge >= 0.3 is 11.9 Å². The van der Waals surface area contributed by atoms with Crippen molar-refractivity contribution in [3.8, 4) is 0 Å². The van der Waals surface area contributed by atoms with Crippen LogP contribution in [0.2, 0.25) is 0 Å². The Morgan fingerprint density at radius 3 is 2.18 bits per heavy atom. The van der Waals surface area contributed by atoms with Crippen LogP contribution in [-0.4, -0.2) is 22.2 Å². The first kappa shape index (κ1) is 15.4. The molecule has 0 aromatic carbocycles. The lowest BCUT2D eigenvalue weighted by molar-refractivity contribution is -0.134. The highest BCUT2D eigenvalue weighted by Crippen LogP contribution is 2.21. The Labute approximate surface area is 102 Å². The maximum Gasteiger partial charge on any atom is 0.331 e. The summed E-state index contributed by atoms with van der Waals surface area (Å²) < 4.78 is 0. The topological polar surface area (TPSA) is 74.6 Å². The van der Waals surface area contributed by atoms with Crippen molar-refractivity contribution in [2.45, 2.75) is 39.5 Å². The summed E-state index contributed by atoms with van der Waals surface area (Å²) in [5.74, 6) is -2.45. The molecule has 0 heterocycles. The van der Waals surface area contributed by atoms with Gasteiger partial charge in [0.05, 0.1) is 0 Å². The highest BCUT2D eigenvalue weighted by atomic mass is 16.4. The van der Waals surface area contributed by atoms with Crippen LogP contribution >= 0.6 is 0 Å². The molecule has 17 heavy (non-hydrogen) atoms. The van der Waals surface area contributed by atoms with Gasteiger partial charge in [-0.15, -0.1) is 0 Å². The summed E-state index contributed by atoms with van der Waals surface area (Å²) in [6, 6.07) is 0. The molecule has 0 bridgehead atoms. The van der Waals surface area contributed by atoms with E-state index in [1.54, 1.807) is 6.92 Å². The zero-order valence-corrected chi connectivity index (χ0v) is 10.4. The quantitative estimate of drug-likeness (QED) is 0.640. The summed E-state index contributed by atoms with van der Waals surface area (Å²) in [4.78, 5) is 21.8. The van der Waals surface area contributed by atoms with Crippen molar-refractivity contribution in [3.05, 3.63) is 23.8 Å². The third-order valence-corrected chi connectivity index (χ3v) is 2.65. The third-order valence-electron chi connectivity index (χ3n) is 2.65. The predicted octanol–water partition coefficient (Wildman–Crippen LogP) is 2.85. The van der Waals surface area contributed by atoms with Gasteiger partial charge in [0.1, 0.15) is 0 Å². The molecule has 0 aliphatic carbocycles. The second-order valence-corrected chi connectivity index (χ2v) is 3.93. The van der Waals surface area contributed by atoms with Gasteiger partial charge in [-0.2, -0.15) is 0 Å². The Hall–Kier alpha value is -1.58. The van der Waals surface area contributed by atoms with Crippen LogP contribution < -0.4 is 0 Å². The number of rotatable bonds is 8. The summed E-state index contributed by atoms with van der Waals surface area (Å²) in [6.45, 7) is 7.26. The molecule has 0 aliphatic heterocycles. The molecule has 0 amide bonds. The van der Waals surface area contributed by atoms with E-state index in [1.807, 2.05) is 6.92 Å². The summed E-state index contributed by atoms with van der Waals surface area (Å²) >= 11 is 0. The molecule has 0 fully saturated rings. The lowest BCUT2D eigenvalue weighted by Gasteiger charge is -2.13. The largest absolute Gasteiger partial charge is 0.478 e. The number of hydrogen-bond donors (Lipinski definition) is 2. The van der Waals surface area contributed by atoms with Crippen molar-refractivity contribution in [1.82, 2.24) is 0 Å². The summed E-state index contributed by atoms with van der Waals surface area (Å²) in [5, 5.41) is 17.8. The van der Waals surface area contributed by atoms with Gasteiger partial charge in [0, 0.05) is 17.1 Å². The molecular weight excluding hydrogens is 220 g/mol. The SMILES string of the molecule is C=C(C(=O)O)C(C=C(CC)C(=O)O)CCCC. The highest BCUT2D eigenvalue weighted by Gasteiger charge is 2.18. The lowest BCUT2D eigenvalue weighted by atomic mass is 9.91. The van der Waals surface area contributed by atoms with Gasteiger partial charge in [0.2, 0.25) is 0 Å². The van der Waals surface area contributed by atoms with E-state index in [0.29, 0.717) is 12.8 Å². The van der Waals surface area contributed by atoms with Crippen LogP contribution in [0.15, 0.2) is 23.8 Å². The highest BCUT2D eigenvalue weighted by molar-refractivity contribution is 5.89. The van der Waals surface area contributed by atoms with Gasteiger partial charge in [-0.1, -0.05) is 39.3 Å². The van der Waals surface area contributed by atoms with Crippen LogP contribution in [0.1, 0.15) is 39.5 Å². The molecule has 0 aliphatic rings. The van der Waals surface area contributed by atoms with E-state index in [9.17, 15) is 9.59 Å². The van der Waals surface area contributed by atoms with Gasteiger partial charge in [-0.05, 0) is 12.8 Å².